The number of benzene rings is 2. The van der Waals surface area contributed by atoms with Crippen LogP contribution in [0.2, 0.25) is 5.02 Å². The van der Waals surface area contributed by atoms with E-state index in [9.17, 15) is 4.39 Å². The number of fused-ring (bicyclic) bond motifs is 1. The lowest BCUT2D eigenvalue weighted by Gasteiger charge is -2.31. The molecule has 0 aliphatic carbocycles. The van der Waals surface area contributed by atoms with Gasteiger partial charge in [-0.05, 0) is 52.2 Å². The summed E-state index contributed by atoms with van der Waals surface area (Å²) in [6, 6.07) is 14.1. The van der Waals surface area contributed by atoms with Crippen molar-refractivity contribution in [2.24, 2.45) is 0 Å². The highest BCUT2D eigenvalue weighted by molar-refractivity contribution is 6.30. The molecule has 0 spiro atoms. The molecule has 5 nitrogen and oxygen atoms in total. The zero-order chi connectivity index (χ0) is 15.8. The van der Waals surface area contributed by atoms with Crippen LogP contribution in [0, 0.1) is 5.82 Å². The lowest BCUT2D eigenvalue weighted by Crippen LogP contribution is -2.28. The Balaban J connectivity index is 1.73. The van der Waals surface area contributed by atoms with Gasteiger partial charge in [-0.25, -0.2) is 9.07 Å². The summed E-state index contributed by atoms with van der Waals surface area (Å²) in [6.45, 7) is 0. The summed E-state index contributed by atoms with van der Waals surface area (Å²) in [4.78, 5) is 0. The third kappa shape index (κ3) is 2.66. The molecule has 2 atom stereocenters. The number of rotatable bonds is 2. The highest BCUT2D eigenvalue weighted by Gasteiger charge is 2.30. The number of halogens is 2. The van der Waals surface area contributed by atoms with Crippen molar-refractivity contribution in [1.82, 2.24) is 20.2 Å². The number of hydrogen-bond acceptors (Lipinski definition) is 4. The van der Waals surface area contributed by atoms with Crippen LogP contribution in [0.3, 0.4) is 0 Å². The van der Waals surface area contributed by atoms with E-state index in [1.165, 1.54) is 12.1 Å². The van der Waals surface area contributed by atoms with Gasteiger partial charge in [0.2, 0.25) is 5.95 Å². The van der Waals surface area contributed by atoms with Crippen LogP contribution < -0.4 is 5.32 Å². The van der Waals surface area contributed by atoms with E-state index in [0.29, 0.717) is 17.4 Å². The lowest BCUT2D eigenvalue weighted by atomic mass is 9.93. The summed E-state index contributed by atoms with van der Waals surface area (Å²) in [6.07, 6.45) is 0.711. The molecular weight excluding hydrogens is 317 g/mol. The van der Waals surface area contributed by atoms with Gasteiger partial charge in [0.05, 0.1) is 12.1 Å². The molecule has 0 bridgehead atoms. The van der Waals surface area contributed by atoms with Crippen LogP contribution in [0.1, 0.15) is 29.6 Å². The Bertz CT molecular complexity index is 832. The summed E-state index contributed by atoms with van der Waals surface area (Å²) in [5, 5.41) is 15.8. The molecule has 1 aliphatic heterocycles. The van der Waals surface area contributed by atoms with Gasteiger partial charge in [0.15, 0.2) is 0 Å². The van der Waals surface area contributed by atoms with Crippen LogP contribution in [0.15, 0.2) is 48.5 Å². The molecule has 1 aliphatic rings. The standard InChI is InChI=1S/C16H13ClFN5/c17-12-6-4-10(5-7-12)14-9-15(11-2-1-3-13(18)8-11)23-16(19-14)20-21-22-23/h1-8,14-15H,9H2,(H,19,20,22)/t14-,15+/m1/s1. The number of nitrogens with zero attached hydrogens (tertiary/aromatic N) is 4. The zero-order valence-electron chi connectivity index (χ0n) is 12.0. The summed E-state index contributed by atoms with van der Waals surface area (Å²) in [7, 11) is 0. The zero-order valence-corrected chi connectivity index (χ0v) is 12.8. The fourth-order valence-electron chi connectivity index (χ4n) is 2.94. The molecule has 1 N–H and O–H groups in total. The Morgan fingerprint density at radius 3 is 2.74 bits per heavy atom. The van der Waals surface area contributed by atoms with Gasteiger partial charge in [0.1, 0.15) is 5.82 Å². The van der Waals surface area contributed by atoms with Crippen LogP contribution in [0.25, 0.3) is 0 Å². The van der Waals surface area contributed by atoms with Crippen molar-refractivity contribution in [1.29, 1.82) is 0 Å². The van der Waals surface area contributed by atoms with Gasteiger partial charge in [0, 0.05) is 5.02 Å². The molecule has 1 aromatic heterocycles. The maximum atomic E-state index is 13.6. The molecule has 7 heteroatoms. The second kappa shape index (κ2) is 5.62. The highest BCUT2D eigenvalue weighted by atomic mass is 35.5. The number of hydrogen-bond donors (Lipinski definition) is 1. The first-order valence-corrected chi connectivity index (χ1v) is 7.64. The molecule has 2 aromatic carbocycles. The van der Waals surface area contributed by atoms with Gasteiger partial charge in [0.25, 0.3) is 0 Å². The van der Waals surface area contributed by atoms with Crippen LogP contribution in [0.4, 0.5) is 10.3 Å². The number of anilines is 1. The fourth-order valence-corrected chi connectivity index (χ4v) is 3.07. The molecule has 23 heavy (non-hydrogen) atoms. The molecule has 0 saturated carbocycles. The minimum absolute atomic E-state index is 0.0269. The Labute approximate surface area is 137 Å². The molecule has 0 saturated heterocycles. The molecule has 4 rings (SSSR count). The lowest BCUT2D eigenvalue weighted by molar-refractivity contribution is 0.422. The topological polar surface area (TPSA) is 55.6 Å². The van der Waals surface area contributed by atoms with Crippen molar-refractivity contribution in [3.63, 3.8) is 0 Å². The quantitative estimate of drug-likeness (QED) is 0.780. The fraction of sp³-hybridized carbons (Fsp3) is 0.188. The Morgan fingerprint density at radius 1 is 1.13 bits per heavy atom. The average molecular weight is 330 g/mol. The second-order valence-electron chi connectivity index (χ2n) is 5.50. The predicted octanol–water partition coefficient (Wildman–Crippen LogP) is 3.61. The molecule has 0 unspecified atom stereocenters. The third-order valence-corrected chi connectivity index (χ3v) is 4.31. The van der Waals surface area contributed by atoms with E-state index in [1.54, 1.807) is 10.7 Å². The van der Waals surface area contributed by atoms with E-state index in [2.05, 4.69) is 20.8 Å². The second-order valence-corrected chi connectivity index (χ2v) is 5.94. The summed E-state index contributed by atoms with van der Waals surface area (Å²) in [5.41, 5.74) is 1.93. The first-order valence-electron chi connectivity index (χ1n) is 7.26. The van der Waals surface area contributed by atoms with Crippen molar-refractivity contribution in [3.8, 4) is 0 Å². The summed E-state index contributed by atoms with van der Waals surface area (Å²) < 4.78 is 15.3. The monoisotopic (exact) mass is 329 g/mol. The van der Waals surface area contributed by atoms with Gasteiger partial charge in [-0.2, -0.15) is 0 Å². The van der Waals surface area contributed by atoms with E-state index in [1.807, 2.05) is 30.3 Å². The smallest absolute Gasteiger partial charge is 0.243 e. The van der Waals surface area contributed by atoms with Crippen LogP contribution in [0.5, 0.6) is 0 Å². The van der Waals surface area contributed by atoms with Crippen molar-refractivity contribution >= 4 is 17.5 Å². The largest absolute Gasteiger partial charge is 0.346 e. The molecule has 116 valence electrons. The Hall–Kier alpha value is -2.47. The van der Waals surface area contributed by atoms with Gasteiger partial charge >= 0.3 is 0 Å². The normalized spacial score (nSPS) is 19.9. The number of tetrazole rings is 1. The summed E-state index contributed by atoms with van der Waals surface area (Å²) in [5.74, 6) is 0.309. The maximum absolute atomic E-state index is 13.6. The molecule has 3 aromatic rings. The number of nitrogens with one attached hydrogen (secondary N) is 1. The predicted molar refractivity (Wildman–Crippen MR) is 84.8 cm³/mol. The van der Waals surface area contributed by atoms with E-state index in [0.717, 1.165) is 11.1 Å². The van der Waals surface area contributed by atoms with Crippen molar-refractivity contribution < 1.29 is 4.39 Å². The van der Waals surface area contributed by atoms with Gasteiger partial charge in [-0.15, -0.1) is 0 Å². The molecular formula is C16H13ClFN5. The SMILES string of the molecule is Fc1cccc([C@@H]2C[C@H](c3ccc(Cl)cc3)Nc3nnnn32)c1. The first-order chi connectivity index (χ1) is 11.2. The van der Waals surface area contributed by atoms with Gasteiger partial charge in [-0.1, -0.05) is 41.0 Å². The van der Waals surface area contributed by atoms with Crippen LogP contribution in [-0.2, 0) is 0 Å². The van der Waals surface area contributed by atoms with Crippen LogP contribution in [-0.4, -0.2) is 20.2 Å². The molecule has 0 radical (unpaired) electrons. The Kier molecular flexibility index (Phi) is 3.46. The third-order valence-electron chi connectivity index (χ3n) is 4.06. The molecule has 2 heterocycles. The van der Waals surface area contributed by atoms with Crippen molar-refractivity contribution in [3.05, 3.63) is 70.5 Å². The molecule has 0 fully saturated rings. The number of aromatic nitrogens is 4. The minimum atomic E-state index is -0.265. The van der Waals surface area contributed by atoms with E-state index in [-0.39, 0.29) is 17.9 Å². The van der Waals surface area contributed by atoms with E-state index < -0.39 is 0 Å². The van der Waals surface area contributed by atoms with E-state index in [4.69, 9.17) is 11.6 Å². The van der Waals surface area contributed by atoms with Gasteiger partial charge in [-0.3, -0.25) is 0 Å². The van der Waals surface area contributed by atoms with Crippen molar-refractivity contribution in [2.75, 3.05) is 5.32 Å². The first kappa shape index (κ1) is 14.1. The summed E-state index contributed by atoms with van der Waals surface area (Å²) >= 11 is 5.96. The van der Waals surface area contributed by atoms with E-state index >= 15 is 0 Å². The van der Waals surface area contributed by atoms with Crippen LogP contribution >= 0.6 is 11.6 Å². The Morgan fingerprint density at radius 2 is 1.96 bits per heavy atom. The maximum Gasteiger partial charge on any atom is 0.243 e. The van der Waals surface area contributed by atoms with Crippen molar-refractivity contribution in [2.45, 2.75) is 18.5 Å². The minimum Gasteiger partial charge on any atom is -0.346 e. The molecule has 0 amide bonds. The highest BCUT2D eigenvalue weighted by Crippen LogP contribution is 2.37. The average Bonchev–Trinajstić information content (AvgIpc) is 3.03. The van der Waals surface area contributed by atoms with Gasteiger partial charge < -0.3 is 5.32 Å².